The Hall–Kier alpha value is -1.06. The maximum Gasteiger partial charge on any atom is 0.119 e. The molecule has 0 aliphatic carbocycles. The summed E-state index contributed by atoms with van der Waals surface area (Å²) in [5.74, 6) is 0.921. The zero-order chi connectivity index (χ0) is 12.1. The number of nitrogens with one attached hydrogen (secondary N) is 1. The van der Waals surface area contributed by atoms with Gasteiger partial charge in [0.25, 0.3) is 0 Å². The molecule has 1 heterocycles. The van der Waals surface area contributed by atoms with Gasteiger partial charge in [0.2, 0.25) is 0 Å². The molecule has 1 N–H and O–H groups in total. The fourth-order valence-corrected chi connectivity index (χ4v) is 2.23. The molecule has 3 heteroatoms. The van der Waals surface area contributed by atoms with E-state index in [0.29, 0.717) is 12.1 Å². The van der Waals surface area contributed by atoms with Gasteiger partial charge in [-0.1, -0.05) is 12.1 Å². The van der Waals surface area contributed by atoms with Gasteiger partial charge in [-0.15, -0.1) is 0 Å². The Labute approximate surface area is 103 Å². The number of hydrogen-bond acceptors (Lipinski definition) is 3. The van der Waals surface area contributed by atoms with Crippen LogP contribution in [0.25, 0.3) is 0 Å². The normalized spacial score (nSPS) is 24.6. The Balaban J connectivity index is 1.84. The van der Waals surface area contributed by atoms with Crippen LogP contribution < -0.4 is 10.1 Å². The van der Waals surface area contributed by atoms with E-state index in [-0.39, 0.29) is 0 Å². The first-order valence-electron chi connectivity index (χ1n) is 6.26. The van der Waals surface area contributed by atoms with Crippen molar-refractivity contribution in [2.24, 2.45) is 0 Å². The molecule has 0 radical (unpaired) electrons. The van der Waals surface area contributed by atoms with E-state index in [1.54, 1.807) is 7.11 Å². The average molecular weight is 235 g/mol. The molecule has 2 rings (SSSR count). The van der Waals surface area contributed by atoms with Gasteiger partial charge in [-0.3, -0.25) is 0 Å². The summed E-state index contributed by atoms with van der Waals surface area (Å²) in [7, 11) is 1.70. The maximum absolute atomic E-state index is 5.54. The van der Waals surface area contributed by atoms with Crippen molar-refractivity contribution >= 4 is 0 Å². The van der Waals surface area contributed by atoms with E-state index in [1.165, 1.54) is 5.56 Å². The first-order chi connectivity index (χ1) is 8.28. The van der Waals surface area contributed by atoms with E-state index >= 15 is 0 Å². The summed E-state index contributed by atoms with van der Waals surface area (Å²) in [4.78, 5) is 0. The SMILES string of the molecule is COc1cccc(CNC2CCOC(C)C2)c1. The van der Waals surface area contributed by atoms with E-state index in [4.69, 9.17) is 9.47 Å². The number of rotatable bonds is 4. The van der Waals surface area contributed by atoms with Gasteiger partial charge < -0.3 is 14.8 Å². The number of benzene rings is 1. The van der Waals surface area contributed by atoms with Crippen molar-refractivity contribution < 1.29 is 9.47 Å². The second kappa shape index (κ2) is 6.03. The quantitative estimate of drug-likeness (QED) is 0.869. The van der Waals surface area contributed by atoms with Crippen LogP contribution in [0.5, 0.6) is 5.75 Å². The number of methoxy groups -OCH3 is 1. The van der Waals surface area contributed by atoms with Gasteiger partial charge in [0.15, 0.2) is 0 Å². The van der Waals surface area contributed by atoms with Crippen LogP contribution in [0.3, 0.4) is 0 Å². The van der Waals surface area contributed by atoms with Crippen LogP contribution in [0.15, 0.2) is 24.3 Å². The molecule has 1 aromatic rings. The van der Waals surface area contributed by atoms with Crippen molar-refractivity contribution in [2.45, 2.75) is 38.5 Å². The third-order valence-electron chi connectivity index (χ3n) is 3.21. The van der Waals surface area contributed by atoms with Crippen molar-refractivity contribution in [1.29, 1.82) is 0 Å². The molecular formula is C14H21NO2. The van der Waals surface area contributed by atoms with Gasteiger partial charge >= 0.3 is 0 Å². The van der Waals surface area contributed by atoms with Crippen molar-refractivity contribution in [1.82, 2.24) is 5.32 Å². The molecule has 1 aliphatic rings. The summed E-state index contributed by atoms with van der Waals surface area (Å²) in [5.41, 5.74) is 1.27. The van der Waals surface area contributed by atoms with Crippen molar-refractivity contribution in [3.63, 3.8) is 0 Å². The highest BCUT2D eigenvalue weighted by Gasteiger charge is 2.18. The fraction of sp³-hybridized carbons (Fsp3) is 0.571. The van der Waals surface area contributed by atoms with Gasteiger partial charge in [0.05, 0.1) is 13.2 Å². The highest BCUT2D eigenvalue weighted by Crippen LogP contribution is 2.15. The summed E-state index contributed by atoms with van der Waals surface area (Å²) < 4.78 is 10.8. The van der Waals surface area contributed by atoms with Crippen LogP contribution in [-0.2, 0) is 11.3 Å². The van der Waals surface area contributed by atoms with Crippen molar-refractivity contribution in [3.8, 4) is 5.75 Å². The standard InChI is InChI=1S/C14H21NO2/c1-11-8-13(6-7-17-11)15-10-12-4-3-5-14(9-12)16-2/h3-5,9,11,13,15H,6-8,10H2,1-2H3. The van der Waals surface area contributed by atoms with Gasteiger partial charge in [-0.25, -0.2) is 0 Å². The molecule has 17 heavy (non-hydrogen) atoms. The largest absolute Gasteiger partial charge is 0.497 e. The Morgan fingerprint density at radius 1 is 1.47 bits per heavy atom. The Kier molecular flexibility index (Phi) is 4.40. The molecule has 0 bridgehead atoms. The highest BCUT2D eigenvalue weighted by atomic mass is 16.5. The molecule has 0 aromatic heterocycles. The minimum Gasteiger partial charge on any atom is -0.497 e. The summed E-state index contributed by atoms with van der Waals surface area (Å²) in [6.07, 6.45) is 2.59. The summed E-state index contributed by atoms with van der Waals surface area (Å²) in [6.45, 7) is 3.91. The summed E-state index contributed by atoms with van der Waals surface area (Å²) in [5, 5.41) is 3.58. The lowest BCUT2D eigenvalue weighted by molar-refractivity contribution is 0.0130. The second-order valence-electron chi connectivity index (χ2n) is 4.64. The number of ether oxygens (including phenoxy) is 2. The van der Waals surface area contributed by atoms with E-state index < -0.39 is 0 Å². The van der Waals surface area contributed by atoms with Gasteiger partial charge in [-0.2, -0.15) is 0 Å². The van der Waals surface area contributed by atoms with Crippen LogP contribution in [0.1, 0.15) is 25.3 Å². The first kappa shape index (κ1) is 12.4. The molecule has 0 amide bonds. The first-order valence-corrected chi connectivity index (χ1v) is 6.26. The lowest BCUT2D eigenvalue weighted by Gasteiger charge is -2.28. The highest BCUT2D eigenvalue weighted by molar-refractivity contribution is 5.28. The molecule has 1 aliphatic heterocycles. The van der Waals surface area contributed by atoms with Crippen LogP contribution >= 0.6 is 0 Å². The molecule has 94 valence electrons. The Morgan fingerprint density at radius 3 is 3.12 bits per heavy atom. The van der Waals surface area contributed by atoms with E-state index in [9.17, 15) is 0 Å². The van der Waals surface area contributed by atoms with E-state index in [2.05, 4.69) is 24.4 Å². The van der Waals surface area contributed by atoms with Gasteiger partial charge in [0.1, 0.15) is 5.75 Å². The molecule has 1 saturated heterocycles. The predicted octanol–water partition coefficient (Wildman–Crippen LogP) is 2.35. The molecule has 2 atom stereocenters. The molecule has 1 fully saturated rings. The second-order valence-corrected chi connectivity index (χ2v) is 4.64. The molecule has 1 aromatic carbocycles. The fourth-order valence-electron chi connectivity index (χ4n) is 2.23. The van der Waals surface area contributed by atoms with E-state index in [1.807, 2.05) is 12.1 Å². The lowest BCUT2D eigenvalue weighted by atomic mass is 10.0. The van der Waals surface area contributed by atoms with E-state index in [0.717, 1.165) is 31.7 Å². The van der Waals surface area contributed by atoms with Crippen molar-refractivity contribution in [3.05, 3.63) is 29.8 Å². The third-order valence-corrected chi connectivity index (χ3v) is 3.21. The third kappa shape index (κ3) is 3.72. The number of hydrogen-bond donors (Lipinski definition) is 1. The Morgan fingerprint density at radius 2 is 2.35 bits per heavy atom. The minimum absolute atomic E-state index is 0.381. The zero-order valence-corrected chi connectivity index (χ0v) is 10.6. The molecule has 3 nitrogen and oxygen atoms in total. The molecule has 0 spiro atoms. The molecule has 2 unspecified atom stereocenters. The summed E-state index contributed by atoms with van der Waals surface area (Å²) >= 11 is 0. The van der Waals surface area contributed by atoms with Crippen LogP contribution in [0.4, 0.5) is 0 Å². The Bertz CT molecular complexity index is 354. The minimum atomic E-state index is 0.381. The van der Waals surface area contributed by atoms with Crippen LogP contribution in [0, 0.1) is 0 Å². The topological polar surface area (TPSA) is 30.5 Å². The smallest absolute Gasteiger partial charge is 0.119 e. The predicted molar refractivity (Wildman–Crippen MR) is 68.3 cm³/mol. The van der Waals surface area contributed by atoms with Gasteiger partial charge in [0, 0.05) is 19.2 Å². The monoisotopic (exact) mass is 235 g/mol. The maximum atomic E-state index is 5.54. The van der Waals surface area contributed by atoms with Crippen molar-refractivity contribution in [2.75, 3.05) is 13.7 Å². The van der Waals surface area contributed by atoms with Crippen LogP contribution in [0.2, 0.25) is 0 Å². The van der Waals surface area contributed by atoms with Crippen LogP contribution in [-0.4, -0.2) is 25.9 Å². The summed E-state index contributed by atoms with van der Waals surface area (Å²) in [6, 6.07) is 8.78. The molecule has 0 saturated carbocycles. The zero-order valence-electron chi connectivity index (χ0n) is 10.6. The van der Waals surface area contributed by atoms with Gasteiger partial charge in [-0.05, 0) is 37.5 Å². The lowest BCUT2D eigenvalue weighted by Crippen LogP contribution is -2.37. The average Bonchev–Trinajstić information content (AvgIpc) is 2.37. The molecular weight excluding hydrogens is 214 g/mol.